The van der Waals surface area contributed by atoms with Gasteiger partial charge in [-0.3, -0.25) is 24.7 Å². The van der Waals surface area contributed by atoms with E-state index in [1.54, 1.807) is 6.07 Å². The number of anilines is 2. The monoisotopic (exact) mass is 474 g/mol. The molecule has 1 amide bonds. The smallest absolute Gasteiger partial charge is 0.269 e. The number of carbonyl (C=O) groups excluding carboxylic acids is 1. The van der Waals surface area contributed by atoms with E-state index >= 15 is 0 Å². The van der Waals surface area contributed by atoms with Crippen LogP contribution < -0.4 is 25.7 Å². The molecule has 2 aliphatic rings. The molecule has 0 saturated heterocycles. The summed E-state index contributed by atoms with van der Waals surface area (Å²) in [6, 6.07) is 12.8. The number of aromatic amines is 1. The van der Waals surface area contributed by atoms with Gasteiger partial charge < -0.3 is 20.1 Å². The number of rotatable bonds is 5. The molecule has 35 heavy (non-hydrogen) atoms. The van der Waals surface area contributed by atoms with E-state index in [2.05, 4.69) is 20.6 Å². The van der Waals surface area contributed by atoms with Gasteiger partial charge in [0.05, 0.1) is 16.6 Å². The van der Waals surface area contributed by atoms with Crippen LogP contribution in [0.15, 0.2) is 47.3 Å². The predicted molar refractivity (Wildman–Crippen MR) is 122 cm³/mol. The number of ether oxygens (including phenoxy) is 2. The zero-order chi connectivity index (χ0) is 24.5. The van der Waals surface area contributed by atoms with E-state index in [0.717, 1.165) is 5.56 Å². The van der Waals surface area contributed by atoms with Crippen LogP contribution in [0, 0.1) is 27.4 Å². The predicted octanol–water partition coefficient (Wildman–Crippen LogP) is 2.29. The van der Waals surface area contributed by atoms with Crippen molar-refractivity contribution in [2.45, 2.75) is 12.5 Å². The number of hydrogen-bond donors (Lipinski definition) is 3. The van der Waals surface area contributed by atoms with Gasteiger partial charge in [0, 0.05) is 24.6 Å². The average Bonchev–Trinajstić information content (AvgIpc) is 2.86. The highest BCUT2D eigenvalue weighted by atomic mass is 16.6. The van der Waals surface area contributed by atoms with Crippen molar-refractivity contribution in [3.8, 4) is 17.6 Å². The minimum absolute atomic E-state index is 0.0262. The highest BCUT2D eigenvalue weighted by molar-refractivity contribution is 5.98. The van der Waals surface area contributed by atoms with Gasteiger partial charge in [-0.05, 0) is 23.3 Å². The van der Waals surface area contributed by atoms with Crippen LogP contribution in [0.25, 0.3) is 0 Å². The molecule has 12 heteroatoms. The second kappa shape index (κ2) is 8.79. The summed E-state index contributed by atoms with van der Waals surface area (Å²) in [5.74, 6) is -1.31. The third-order valence-electron chi connectivity index (χ3n) is 5.79. The fourth-order valence-corrected chi connectivity index (χ4v) is 4.14. The largest absolute Gasteiger partial charge is 0.486 e. The summed E-state index contributed by atoms with van der Waals surface area (Å²) < 4.78 is 11.1. The molecule has 2 unspecified atom stereocenters. The normalized spacial score (nSPS) is 18.1. The molecule has 2 atom stereocenters. The first-order chi connectivity index (χ1) is 16.9. The molecule has 0 saturated carbocycles. The van der Waals surface area contributed by atoms with Crippen LogP contribution in [0.2, 0.25) is 0 Å². The van der Waals surface area contributed by atoms with Crippen LogP contribution in [0.1, 0.15) is 22.6 Å². The molecule has 2 aromatic carbocycles. The number of nitrogens with zero attached hydrogens (tertiary/aromatic N) is 3. The molecular weight excluding hydrogens is 456 g/mol. The molecule has 3 N–H and O–H groups in total. The van der Waals surface area contributed by atoms with Crippen molar-refractivity contribution in [1.82, 2.24) is 9.97 Å². The minimum Gasteiger partial charge on any atom is -0.486 e. The molecule has 176 valence electrons. The Kier molecular flexibility index (Phi) is 5.50. The van der Waals surface area contributed by atoms with Gasteiger partial charge in [0.1, 0.15) is 24.9 Å². The summed E-state index contributed by atoms with van der Waals surface area (Å²) in [5.41, 5.74) is 0.695. The van der Waals surface area contributed by atoms with Gasteiger partial charge in [0.25, 0.3) is 11.2 Å². The molecule has 12 nitrogen and oxygen atoms in total. The zero-order valence-electron chi connectivity index (χ0n) is 18.1. The van der Waals surface area contributed by atoms with E-state index in [4.69, 9.17) is 9.47 Å². The van der Waals surface area contributed by atoms with Gasteiger partial charge >= 0.3 is 0 Å². The Bertz CT molecular complexity index is 1430. The van der Waals surface area contributed by atoms with Crippen LogP contribution in [0.4, 0.5) is 17.5 Å². The van der Waals surface area contributed by atoms with E-state index < -0.39 is 28.2 Å². The Labute approximate surface area is 197 Å². The lowest BCUT2D eigenvalue weighted by Crippen LogP contribution is -2.38. The summed E-state index contributed by atoms with van der Waals surface area (Å²) in [7, 11) is 0. The summed E-state index contributed by atoms with van der Waals surface area (Å²) in [6.07, 6.45) is 0. The van der Waals surface area contributed by atoms with E-state index in [9.17, 15) is 25.0 Å². The lowest BCUT2D eigenvalue weighted by Gasteiger charge is -2.28. The number of amides is 1. The molecule has 3 heterocycles. The number of nitrogens with one attached hydrogen (secondary N) is 3. The Morgan fingerprint density at radius 2 is 1.89 bits per heavy atom. The molecular formula is C23H18N6O6. The van der Waals surface area contributed by atoms with E-state index in [0.29, 0.717) is 36.8 Å². The van der Waals surface area contributed by atoms with Crippen molar-refractivity contribution in [3.05, 3.63) is 79.6 Å². The summed E-state index contributed by atoms with van der Waals surface area (Å²) in [6.45, 7) is 1.26. The number of hydrogen-bond acceptors (Lipinski definition) is 9. The van der Waals surface area contributed by atoms with Crippen LogP contribution in [-0.2, 0) is 11.3 Å². The van der Waals surface area contributed by atoms with Crippen LogP contribution in [0.5, 0.6) is 11.5 Å². The van der Waals surface area contributed by atoms with Crippen molar-refractivity contribution in [1.29, 1.82) is 5.26 Å². The molecule has 5 rings (SSSR count). The van der Waals surface area contributed by atoms with Crippen molar-refractivity contribution >= 4 is 23.4 Å². The zero-order valence-corrected chi connectivity index (χ0v) is 18.1. The van der Waals surface area contributed by atoms with Gasteiger partial charge in [-0.2, -0.15) is 10.2 Å². The maximum atomic E-state index is 13.1. The highest BCUT2D eigenvalue weighted by Gasteiger charge is 2.40. The number of non-ortho nitro benzene ring substituents is 1. The van der Waals surface area contributed by atoms with Gasteiger partial charge in [-0.15, -0.1) is 0 Å². The third kappa shape index (κ3) is 4.10. The maximum Gasteiger partial charge on any atom is 0.269 e. The van der Waals surface area contributed by atoms with Gasteiger partial charge in [0.15, 0.2) is 11.5 Å². The SMILES string of the molecule is N#CC1C(=O)Nc2nc(NCc3ccc4c(c3)OCCO4)[nH]c(=O)c2C1c1ccc([N+](=O)[O-])cc1. The first kappa shape index (κ1) is 21.9. The Morgan fingerprint density at radius 1 is 1.14 bits per heavy atom. The van der Waals surface area contributed by atoms with Crippen molar-refractivity contribution < 1.29 is 19.2 Å². The summed E-state index contributed by atoms with van der Waals surface area (Å²) in [4.78, 5) is 43.2. The molecule has 1 aromatic heterocycles. The van der Waals surface area contributed by atoms with Crippen molar-refractivity contribution in [2.75, 3.05) is 23.8 Å². The van der Waals surface area contributed by atoms with Crippen molar-refractivity contribution in [3.63, 3.8) is 0 Å². The first-order valence-corrected chi connectivity index (χ1v) is 10.7. The fourth-order valence-electron chi connectivity index (χ4n) is 4.14. The second-order valence-electron chi connectivity index (χ2n) is 7.93. The summed E-state index contributed by atoms with van der Waals surface area (Å²) in [5, 5.41) is 26.2. The highest BCUT2D eigenvalue weighted by Crippen LogP contribution is 2.38. The number of carbonyl (C=O) groups is 1. The number of fused-ring (bicyclic) bond motifs is 2. The maximum absolute atomic E-state index is 13.1. The Balaban J connectivity index is 1.45. The minimum atomic E-state index is -1.21. The number of benzene rings is 2. The number of nitro groups is 1. The van der Waals surface area contributed by atoms with E-state index in [1.807, 2.05) is 18.2 Å². The molecule has 0 fully saturated rings. The molecule has 3 aromatic rings. The number of nitriles is 1. The molecule has 0 radical (unpaired) electrons. The van der Waals surface area contributed by atoms with Gasteiger partial charge in [0.2, 0.25) is 11.9 Å². The van der Waals surface area contributed by atoms with E-state index in [-0.39, 0.29) is 23.0 Å². The first-order valence-electron chi connectivity index (χ1n) is 10.7. The molecule has 0 aliphatic carbocycles. The van der Waals surface area contributed by atoms with Crippen LogP contribution >= 0.6 is 0 Å². The average molecular weight is 474 g/mol. The molecule has 0 bridgehead atoms. The molecule has 2 aliphatic heterocycles. The standard InChI is InChI=1S/C23H18N6O6/c24-10-15-18(13-2-4-14(5-3-13)29(32)33)19-20(26-21(15)30)27-23(28-22(19)31)25-11-12-1-6-16-17(9-12)35-8-7-34-16/h1-6,9,15,18H,7-8,11H2,(H3,25,26,27,28,30,31). The quantitative estimate of drug-likeness (QED) is 0.370. The number of nitro benzene ring substituents is 1. The third-order valence-corrected chi connectivity index (χ3v) is 5.79. The lowest BCUT2D eigenvalue weighted by molar-refractivity contribution is -0.384. The van der Waals surface area contributed by atoms with Crippen LogP contribution in [0.3, 0.4) is 0 Å². The summed E-state index contributed by atoms with van der Waals surface area (Å²) >= 11 is 0. The Hall–Kier alpha value is -4.92. The van der Waals surface area contributed by atoms with Crippen molar-refractivity contribution in [2.24, 2.45) is 5.92 Å². The van der Waals surface area contributed by atoms with Crippen LogP contribution in [-0.4, -0.2) is 34.0 Å². The second-order valence-corrected chi connectivity index (χ2v) is 7.93. The molecule has 0 spiro atoms. The Morgan fingerprint density at radius 3 is 2.60 bits per heavy atom. The lowest BCUT2D eigenvalue weighted by atomic mass is 9.79. The van der Waals surface area contributed by atoms with Gasteiger partial charge in [-0.25, -0.2) is 0 Å². The van der Waals surface area contributed by atoms with E-state index in [1.165, 1.54) is 24.3 Å². The topological polar surface area (TPSA) is 172 Å². The number of H-pyrrole nitrogens is 1. The number of aromatic nitrogens is 2. The fraction of sp³-hybridized carbons (Fsp3) is 0.217. The van der Waals surface area contributed by atoms with Gasteiger partial charge in [-0.1, -0.05) is 18.2 Å².